The van der Waals surface area contributed by atoms with Gasteiger partial charge in [-0.1, -0.05) is 0 Å². The van der Waals surface area contributed by atoms with E-state index in [1.54, 1.807) is 7.11 Å². The van der Waals surface area contributed by atoms with E-state index in [1.807, 2.05) is 24.3 Å². The Balaban J connectivity index is 1.51. The van der Waals surface area contributed by atoms with E-state index in [4.69, 9.17) is 9.47 Å². The predicted molar refractivity (Wildman–Crippen MR) is 84.0 cm³/mol. The zero-order valence-electron chi connectivity index (χ0n) is 13.3. The summed E-state index contributed by atoms with van der Waals surface area (Å²) in [4.78, 5) is 2.59. The molecule has 2 saturated heterocycles. The molecule has 2 heterocycles. The lowest BCUT2D eigenvalue weighted by molar-refractivity contribution is 0.117. The number of ether oxygens (including phenoxy) is 2. The SMILES string of the molecule is COc1ccc(OCCN2CC3CNCC3C2(C)C)cc1. The van der Waals surface area contributed by atoms with Gasteiger partial charge in [-0.2, -0.15) is 0 Å². The van der Waals surface area contributed by atoms with Crippen LogP contribution in [0.3, 0.4) is 0 Å². The van der Waals surface area contributed by atoms with Crippen molar-refractivity contribution in [3.8, 4) is 11.5 Å². The minimum Gasteiger partial charge on any atom is -0.497 e. The molecule has 0 amide bonds. The number of benzene rings is 1. The van der Waals surface area contributed by atoms with Crippen LogP contribution in [-0.2, 0) is 0 Å². The van der Waals surface area contributed by atoms with Crippen molar-refractivity contribution in [1.82, 2.24) is 10.2 Å². The molecule has 0 radical (unpaired) electrons. The molecule has 21 heavy (non-hydrogen) atoms. The summed E-state index contributed by atoms with van der Waals surface area (Å²) in [5, 5.41) is 3.52. The Morgan fingerprint density at radius 1 is 1.19 bits per heavy atom. The fourth-order valence-electron chi connectivity index (χ4n) is 3.83. The van der Waals surface area contributed by atoms with Crippen LogP contribution < -0.4 is 14.8 Å². The predicted octanol–water partition coefficient (Wildman–Crippen LogP) is 2.00. The Labute approximate surface area is 127 Å². The molecule has 4 heteroatoms. The normalized spacial score (nSPS) is 27.6. The van der Waals surface area contributed by atoms with Crippen LogP contribution in [0.25, 0.3) is 0 Å². The minimum absolute atomic E-state index is 0.275. The van der Waals surface area contributed by atoms with E-state index in [0.717, 1.165) is 43.0 Å². The number of nitrogens with zero attached hydrogens (tertiary/aromatic N) is 1. The number of rotatable bonds is 5. The van der Waals surface area contributed by atoms with Gasteiger partial charge in [0.1, 0.15) is 18.1 Å². The quantitative estimate of drug-likeness (QED) is 0.899. The van der Waals surface area contributed by atoms with E-state index in [9.17, 15) is 0 Å². The van der Waals surface area contributed by atoms with Crippen LogP contribution in [0.2, 0.25) is 0 Å². The largest absolute Gasteiger partial charge is 0.497 e. The third kappa shape index (κ3) is 2.87. The highest BCUT2D eigenvalue weighted by Gasteiger charge is 2.49. The number of hydrogen-bond donors (Lipinski definition) is 1. The molecule has 2 atom stereocenters. The van der Waals surface area contributed by atoms with Crippen molar-refractivity contribution in [2.75, 3.05) is 39.9 Å². The molecule has 1 aromatic rings. The number of nitrogens with one attached hydrogen (secondary N) is 1. The summed E-state index contributed by atoms with van der Waals surface area (Å²) >= 11 is 0. The zero-order valence-corrected chi connectivity index (χ0v) is 13.3. The first-order chi connectivity index (χ1) is 10.1. The van der Waals surface area contributed by atoms with Crippen LogP contribution in [0.1, 0.15) is 13.8 Å². The van der Waals surface area contributed by atoms with Crippen LogP contribution in [-0.4, -0.2) is 50.3 Å². The average Bonchev–Trinajstić information content (AvgIpc) is 3.03. The van der Waals surface area contributed by atoms with Crippen LogP contribution in [0.15, 0.2) is 24.3 Å². The molecule has 0 saturated carbocycles. The maximum atomic E-state index is 5.87. The average molecular weight is 290 g/mol. The van der Waals surface area contributed by atoms with Crippen LogP contribution in [0.4, 0.5) is 0 Å². The van der Waals surface area contributed by atoms with E-state index in [-0.39, 0.29) is 5.54 Å². The molecular formula is C17H26N2O2. The molecule has 4 nitrogen and oxygen atoms in total. The Morgan fingerprint density at radius 2 is 1.90 bits per heavy atom. The summed E-state index contributed by atoms with van der Waals surface area (Å²) in [7, 11) is 1.68. The smallest absolute Gasteiger partial charge is 0.119 e. The molecule has 116 valence electrons. The van der Waals surface area contributed by atoms with Gasteiger partial charge in [-0.05, 0) is 56.5 Å². The van der Waals surface area contributed by atoms with Gasteiger partial charge in [-0.25, -0.2) is 0 Å². The van der Waals surface area contributed by atoms with Crippen molar-refractivity contribution < 1.29 is 9.47 Å². The lowest BCUT2D eigenvalue weighted by Gasteiger charge is -2.35. The van der Waals surface area contributed by atoms with Crippen LogP contribution in [0.5, 0.6) is 11.5 Å². The lowest BCUT2D eigenvalue weighted by atomic mass is 9.85. The van der Waals surface area contributed by atoms with E-state index >= 15 is 0 Å². The van der Waals surface area contributed by atoms with Gasteiger partial charge >= 0.3 is 0 Å². The minimum atomic E-state index is 0.275. The van der Waals surface area contributed by atoms with Crippen molar-refractivity contribution in [3.63, 3.8) is 0 Å². The van der Waals surface area contributed by atoms with Gasteiger partial charge in [0, 0.05) is 25.2 Å². The molecule has 2 fully saturated rings. The molecule has 0 aliphatic carbocycles. The summed E-state index contributed by atoms with van der Waals surface area (Å²) in [6, 6.07) is 7.80. The first-order valence-electron chi connectivity index (χ1n) is 7.84. The molecule has 1 N–H and O–H groups in total. The Hall–Kier alpha value is -1.26. The van der Waals surface area contributed by atoms with Gasteiger partial charge < -0.3 is 14.8 Å². The monoisotopic (exact) mass is 290 g/mol. The molecule has 2 aliphatic rings. The molecule has 2 aliphatic heterocycles. The van der Waals surface area contributed by atoms with Gasteiger partial charge in [0.15, 0.2) is 0 Å². The second kappa shape index (κ2) is 5.85. The maximum absolute atomic E-state index is 5.87. The van der Waals surface area contributed by atoms with E-state index in [2.05, 4.69) is 24.1 Å². The molecular weight excluding hydrogens is 264 g/mol. The highest BCUT2D eigenvalue weighted by atomic mass is 16.5. The summed E-state index contributed by atoms with van der Waals surface area (Å²) in [6.07, 6.45) is 0. The Bertz CT molecular complexity index is 472. The number of methoxy groups -OCH3 is 1. The molecule has 2 unspecified atom stereocenters. The van der Waals surface area contributed by atoms with Gasteiger partial charge in [-0.15, -0.1) is 0 Å². The van der Waals surface area contributed by atoms with Crippen LogP contribution in [0, 0.1) is 11.8 Å². The highest BCUT2D eigenvalue weighted by Crippen LogP contribution is 2.40. The number of fused-ring (bicyclic) bond motifs is 1. The van der Waals surface area contributed by atoms with Crippen molar-refractivity contribution in [3.05, 3.63) is 24.3 Å². The van der Waals surface area contributed by atoms with Crippen LogP contribution >= 0.6 is 0 Å². The maximum Gasteiger partial charge on any atom is 0.119 e. The van der Waals surface area contributed by atoms with Gasteiger partial charge in [0.2, 0.25) is 0 Å². The first kappa shape index (κ1) is 14.7. The summed E-state index contributed by atoms with van der Waals surface area (Å²) in [6.45, 7) is 10.00. The van der Waals surface area contributed by atoms with Gasteiger partial charge in [-0.3, -0.25) is 4.90 Å². The second-order valence-corrected chi connectivity index (χ2v) is 6.65. The van der Waals surface area contributed by atoms with Gasteiger partial charge in [0.05, 0.1) is 7.11 Å². The summed E-state index contributed by atoms with van der Waals surface area (Å²) in [5.41, 5.74) is 0.275. The standard InChI is InChI=1S/C17H26N2O2/c1-17(2)16-11-18-10-13(16)12-19(17)8-9-21-15-6-4-14(20-3)5-7-15/h4-7,13,16,18H,8-12H2,1-3H3. The van der Waals surface area contributed by atoms with E-state index < -0.39 is 0 Å². The number of hydrogen-bond acceptors (Lipinski definition) is 4. The molecule has 0 spiro atoms. The van der Waals surface area contributed by atoms with E-state index in [1.165, 1.54) is 13.1 Å². The third-order valence-corrected chi connectivity index (χ3v) is 5.21. The zero-order chi connectivity index (χ0) is 14.9. The second-order valence-electron chi connectivity index (χ2n) is 6.65. The fourth-order valence-corrected chi connectivity index (χ4v) is 3.83. The van der Waals surface area contributed by atoms with Crippen molar-refractivity contribution in [2.45, 2.75) is 19.4 Å². The molecule has 0 aromatic heterocycles. The lowest BCUT2D eigenvalue weighted by Crippen LogP contribution is -2.46. The van der Waals surface area contributed by atoms with Crippen molar-refractivity contribution in [2.24, 2.45) is 11.8 Å². The third-order valence-electron chi connectivity index (χ3n) is 5.21. The molecule has 0 bridgehead atoms. The topological polar surface area (TPSA) is 33.7 Å². The summed E-state index contributed by atoms with van der Waals surface area (Å²) in [5.74, 6) is 3.36. The highest BCUT2D eigenvalue weighted by molar-refractivity contribution is 5.31. The summed E-state index contributed by atoms with van der Waals surface area (Å²) < 4.78 is 11.0. The van der Waals surface area contributed by atoms with Crippen molar-refractivity contribution in [1.29, 1.82) is 0 Å². The Morgan fingerprint density at radius 3 is 2.57 bits per heavy atom. The van der Waals surface area contributed by atoms with E-state index in [0.29, 0.717) is 0 Å². The molecule has 1 aromatic carbocycles. The Kier molecular flexibility index (Phi) is 4.09. The fraction of sp³-hybridized carbons (Fsp3) is 0.647. The van der Waals surface area contributed by atoms with Gasteiger partial charge in [0.25, 0.3) is 0 Å². The first-order valence-corrected chi connectivity index (χ1v) is 7.84. The molecule has 3 rings (SSSR count). The number of likely N-dealkylation sites (tertiary alicyclic amines) is 1. The van der Waals surface area contributed by atoms with Crippen molar-refractivity contribution >= 4 is 0 Å².